The molecular formula is C10H18O3. The molecule has 0 aromatic heterocycles. The van der Waals surface area contributed by atoms with E-state index in [-0.39, 0.29) is 17.7 Å². The first kappa shape index (κ1) is 12.1. The van der Waals surface area contributed by atoms with Gasteiger partial charge in [-0.3, -0.25) is 9.59 Å². The normalized spacial score (nSPS) is 12.2. The minimum atomic E-state index is -0.171. The van der Waals surface area contributed by atoms with Crippen LogP contribution in [0.4, 0.5) is 0 Å². The molecule has 3 nitrogen and oxygen atoms in total. The smallest absolute Gasteiger partial charge is 0.305 e. The van der Waals surface area contributed by atoms with Crippen molar-refractivity contribution in [3.63, 3.8) is 0 Å². The van der Waals surface area contributed by atoms with E-state index in [1.54, 1.807) is 6.92 Å². The molecule has 0 aromatic carbocycles. The summed E-state index contributed by atoms with van der Waals surface area (Å²) in [4.78, 5) is 21.5. The van der Waals surface area contributed by atoms with Crippen LogP contribution in [0.5, 0.6) is 0 Å². The third kappa shape index (κ3) is 6.31. The molecule has 0 amide bonds. The fraction of sp³-hybridized carbons (Fsp3) is 0.800. The van der Waals surface area contributed by atoms with Crippen LogP contribution >= 0.6 is 0 Å². The Morgan fingerprint density at radius 3 is 2.38 bits per heavy atom. The first-order valence-electron chi connectivity index (χ1n) is 4.65. The number of hydrogen-bond acceptors (Lipinski definition) is 3. The van der Waals surface area contributed by atoms with Gasteiger partial charge < -0.3 is 4.74 Å². The second-order valence-corrected chi connectivity index (χ2v) is 3.33. The van der Waals surface area contributed by atoms with Crippen LogP contribution in [-0.2, 0) is 14.3 Å². The van der Waals surface area contributed by atoms with Crippen molar-refractivity contribution in [1.82, 2.24) is 0 Å². The quantitative estimate of drug-likeness (QED) is 0.470. The molecule has 0 saturated heterocycles. The zero-order valence-corrected chi connectivity index (χ0v) is 8.63. The van der Waals surface area contributed by atoms with Gasteiger partial charge in [0, 0.05) is 12.3 Å². The van der Waals surface area contributed by atoms with E-state index in [4.69, 9.17) is 0 Å². The van der Waals surface area contributed by atoms with E-state index < -0.39 is 0 Å². The van der Waals surface area contributed by atoms with Crippen LogP contribution in [0.15, 0.2) is 0 Å². The van der Waals surface area contributed by atoms with E-state index in [1.807, 2.05) is 6.92 Å². The van der Waals surface area contributed by atoms with Crippen LogP contribution in [0.3, 0.4) is 0 Å². The van der Waals surface area contributed by atoms with Crippen molar-refractivity contribution in [2.24, 2.45) is 5.92 Å². The molecule has 0 unspecified atom stereocenters. The van der Waals surface area contributed by atoms with Gasteiger partial charge in [-0.15, -0.1) is 0 Å². The van der Waals surface area contributed by atoms with Gasteiger partial charge in [0.25, 0.3) is 0 Å². The lowest BCUT2D eigenvalue weighted by atomic mass is 10.00. The van der Waals surface area contributed by atoms with Gasteiger partial charge in [0.05, 0.1) is 7.11 Å². The molecule has 1 atom stereocenters. The minimum Gasteiger partial charge on any atom is -0.469 e. The van der Waals surface area contributed by atoms with Crippen LogP contribution in [0.25, 0.3) is 0 Å². The first-order valence-corrected chi connectivity index (χ1v) is 4.65. The van der Waals surface area contributed by atoms with Crippen molar-refractivity contribution >= 4 is 11.8 Å². The van der Waals surface area contributed by atoms with Crippen LogP contribution in [0.2, 0.25) is 0 Å². The summed E-state index contributed by atoms with van der Waals surface area (Å²) in [6.07, 6.45) is 3.05. The molecule has 0 aromatic rings. The molecule has 0 rings (SSSR count). The van der Waals surface area contributed by atoms with Crippen molar-refractivity contribution in [3.8, 4) is 0 Å². The summed E-state index contributed by atoms with van der Waals surface area (Å²) in [6.45, 7) is 3.52. The van der Waals surface area contributed by atoms with E-state index in [0.29, 0.717) is 6.42 Å². The van der Waals surface area contributed by atoms with Gasteiger partial charge in [-0.1, -0.05) is 13.3 Å². The monoisotopic (exact) mass is 186 g/mol. The maximum Gasteiger partial charge on any atom is 0.305 e. The fourth-order valence-corrected chi connectivity index (χ4v) is 1.03. The summed E-state index contributed by atoms with van der Waals surface area (Å²) in [6, 6.07) is 0. The van der Waals surface area contributed by atoms with E-state index in [1.165, 1.54) is 7.11 Å². The number of unbranched alkanes of at least 4 members (excludes halogenated alkanes) is 1. The predicted molar refractivity (Wildman–Crippen MR) is 50.3 cm³/mol. The number of carbonyl (C=O) groups is 2. The molecule has 0 bridgehead atoms. The number of ketones is 1. The summed E-state index contributed by atoms with van der Waals surface area (Å²) >= 11 is 0. The third-order valence-electron chi connectivity index (χ3n) is 2.19. The fourth-order valence-electron chi connectivity index (χ4n) is 1.03. The zero-order chi connectivity index (χ0) is 10.3. The molecule has 13 heavy (non-hydrogen) atoms. The number of carbonyl (C=O) groups excluding carboxylic acids is 2. The average Bonchev–Trinajstić information content (AvgIpc) is 2.11. The number of esters is 1. The summed E-state index contributed by atoms with van der Waals surface area (Å²) in [5.74, 6) is 0.172. The Hall–Kier alpha value is -0.860. The van der Waals surface area contributed by atoms with Crippen LogP contribution < -0.4 is 0 Å². The maximum absolute atomic E-state index is 10.8. The van der Waals surface area contributed by atoms with Crippen molar-refractivity contribution < 1.29 is 14.3 Å². The molecule has 0 saturated carbocycles. The highest BCUT2D eigenvalue weighted by Gasteiger charge is 2.07. The predicted octanol–water partition coefficient (Wildman–Crippen LogP) is 1.94. The Labute approximate surface area is 79.5 Å². The Morgan fingerprint density at radius 2 is 1.92 bits per heavy atom. The molecule has 0 N–H and O–H groups in total. The van der Waals surface area contributed by atoms with Crippen molar-refractivity contribution in [3.05, 3.63) is 0 Å². The van der Waals surface area contributed by atoms with Gasteiger partial charge >= 0.3 is 5.97 Å². The number of methoxy groups -OCH3 is 1. The van der Waals surface area contributed by atoms with Gasteiger partial charge in [0.15, 0.2) is 0 Å². The maximum atomic E-state index is 10.8. The van der Waals surface area contributed by atoms with Gasteiger partial charge in [-0.25, -0.2) is 0 Å². The number of ether oxygens (including phenoxy) is 1. The molecule has 3 heteroatoms. The zero-order valence-electron chi connectivity index (χ0n) is 8.63. The highest BCUT2D eigenvalue weighted by Crippen LogP contribution is 2.10. The van der Waals surface area contributed by atoms with Gasteiger partial charge in [0.1, 0.15) is 5.78 Å². The van der Waals surface area contributed by atoms with E-state index in [0.717, 1.165) is 19.3 Å². The largest absolute Gasteiger partial charge is 0.469 e. The molecule has 0 heterocycles. The van der Waals surface area contributed by atoms with Gasteiger partial charge in [0.2, 0.25) is 0 Å². The van der Waals surface area contributed by atoms with Crippen molar-refractivity contribution in [2.45, 2.75) is 39.5 Å². The Kier molecular flexibility index (Phi) is 6.20. The number of hydrogen-bond donors (Lipinski definition) is 0. The third-order valence-corrected chi connectivity index (χ3v) is 2.19. The lowest BCUT2D eigenvalue weighted by Gasteiger charge is -2.05. The van der Waals surface area contributed by atoms with Gasteiger partial charge in [-0.05, 0) is 19.8 Å². The number of Topliss-reactive ketones (excluding diaryl/α,β-unsaturated/α-hetero) is 1. The molecule has 0 radical (unpaired) electrons. The molecule has 0 aliphatic heterocycles. The molecule has 0 aliphatic rings. The summed E-state index contributed by atoms with van der Waals surface area (Å²) in [7, 11) is 1.39. The lowest BCUT2D eigenvalue weighted by molar-refractivity contribution is -0.140. The Bertz CT molecular complexity index is 175. The van der Waals surface area contributed by atoms with Crippen LogP contribution in [0.1, 0.15) is 39.5 Å². The molecular weight excluding hydrogens is 168 g/mol. The Balaban J connectivity index is 3.35. The Morgan fingerprint density at radius 1 is 1.31 bits per heavy atom. The summed E-state index contributed by atoms with van der Waals surface area (Å²) < 4.78 is 4.50. The summed E-state index contributed by atoms with van der Waals surface area (Å²) in [5, 5.41) is 0. The van der Waals surface area contributed by atoms with Crippen LogP contribution in [-0.4, -0.2) is 18.9 Å². The highest BCUT2D eigenvalue weighted by molar-refractivity contribution is 5.77. The minimum absolute atomic E-state index is 0.123. The second-order valence-electron chi connectivity index (χ2n) is 3.33. The topological polar surface area (TPSA) is 43.4 Å². The average molecular weight is 186 g/mol. The lowest BCUT2D eigenvalue weighted by Crippen LogP contribution is -2.06. The first-order chi connectivity index (χ1) is 6.07. The van der Waals surface area contributed by atoms with E-state index in [9.17, 15) is 9.59 Å². The molecule has 76 valence electrons. The molecule has 0 spiro atoms. The van der Waals surface area contributed by atoms with E-state index in [2.05, 4.69) is 4.74 Å². The molecule has 0 fully saturated rings. The standard InChI is InChI=1S/C10H18O3/c1-8(9(2)11)6-4-5-7-10(12)13-3/h8H,4-7H2,1-3H3/t8-/m0/s1. The van der Waals surface area contributed by atoms with E-state index >= 15 is 0 Å². The van der Waals surface area contributed by atoms with Crippen molar-refractivity contribution in [1.29, 1.82) is 0 Å². The molecule has 0 aliphatic carbocycles. The SMILES string of the molecule is COC(=O)CCCC[C@H](C)C(C)=O. The summed E-state index contributed by atoms with van der Waals surface area (Å²) in [5.41, 5.74) is 0. The van der Waals surface area contributed by atoms with Crippen LogP contribution in [0, 0.1) is 5.92 Å². The van der Waals surface area contributed by atoms with Gasteiger partial charge in [-0.2, -0.15) is 0 Å². The second kappa shape index (κ2) is 6.63. The number of rotatable bonds is 6. The van der Waals surface area contributed by atoms with Crippen molar-refractivity contribution in [2.75, 3.05) is 7.11 Å². The highest BCUT2D eigenvalue weighted by atomic mass is 16.5.